The highest BCUT2D eigenvalue weighted by atomic mass is 32.2. The number of nitrogens with zero attached hydrogens (tertiary/aromatic N) is 1. The Morgan fingerprint density at radius 1 is 1.70 bits per heavy atom. The fourth-order valence-corrected chi connectivity index (χ4v) is 0.914. The van der Waals surface area contributed by atoms with Crippen molar-refractivity contribution >= 4 is 17.0 Å². The molecule has 0 rings (SSSR count). The second kappa shape index (κ2) is 3.68. The summed E-state index contributed by atoms with van der Waals surface area (Å²) in [6, 6.07) is -0.689. The molecule has 0 aliphatic carbocycles. The molecule has 0 aromatic rings. The molecule has 2 unspecified atom stereocenters. The Hall–Kier alpha value is -0.420. The number of aliphatic carboxylic acids is 1. The van der Waals surface area contributed by atoms with E-state index < -0.39 is 23.0 Å². The Labute approximate surface area is 62.4 Å². The summed E-state index contributed by atoms with van der Waals surface area (Å²) in [6.45, 7) is 1.49. The minimum Gasteiger partial charge on any atom is -0.480 e. The molecule has 0 bridgehead atoms. The molecule has 2 atom stereocenters. The number of hydrogen-bond acceptors (Lipinski definition) is 2. The molecule has 1 N–H and O–H groups in total. The van der Waals surface area contributed by atoms with E-state index in [1.807, 2.05) is 0 Å². The summed E-state index contributed by atoms with van der Waals surface area (Å²) in [7, 11) is 0.300. The lowest BCUT2D eigenvalue weighted by molar-refractivity contribution is -0.140. The van der Waals surface area contributed by atoms with Gasteiger partial charge >= 0.3 is 5.97 Å². The van der Waals surface area contributed by atoms with E-state index in [2.05, 4.69) is 0 Å². The number of hydrogen-bond donors (Lipinski definition) is 1. The molecule has 60 valence electrons. The highest BCUT2D eigenvalue weighted by molar-refractivity contribution is 7.81. The Kier molecular flexibility index (Phi) is 3.52. The van der Waals surface area contributed by atoms with Crippen LogP contribution in [0.25, 0.3) is 0 Å². The van der Waals surface area contributed by atoms with Gasteiger partial charge in [-0.3, -0.25) is 4.79 Å². The summed E-state index contributed by atoms with van der Waals surface area (Å²) < 4.78 is 11.9. The fourth-order valence-electron chi connectivity index (χ4n) is 0.378. The normalized spacial score (nSPS) is 16.8. The van der Waals surface area contributed by atoms with Gasteiger partial charge in [-0.2, -0.15) is 0 Å². The fraction of sp³-hybridized carbons (Fsp3) is 0.800. The van der Waals surface area contributed by atoms with E-state index in [0.717, 1.165) is 0 Å². The second-order valence-corrected chi connectivity index (χ2v) is 3.41. The van der Waals surface area contributed by atoms with Gasteiger partial charge in [-0.05, 0) is 6.92 Å². The quantitative estimate of drug-likeness (QED) is 0.623. The number of likely N-dealkylation sites (N-methyl/N-ethyl adjacent to an activating group) is 1. The summed E-state index contributed by atoms with van der Waals surface area (Å²) in [5.41, 5.74) is 0. The predicted molar refractivity (Wildman–Crippen MR) is 38.9 cm³/mol. The zero-order valence-electron chi connectivity index (χ0n) is 6.20. The largest absolute Gasteiger partial charge is 0.480 e. The Morgan fingerprint density at radius 2 is 2.10 bits per heavy atom. The molecule has 0 aliphatic heterocycles. The maximum absolute atomic E-state index is 10.7. The predicted octanol–water partition coefficient (Wildman–Crippen LogP) is -0.315. The van der Waals surface area contributed by atoms with E-state index in [1.54, 1.807) is 0 Å². The zero-order valence-corrected chi connectivity index (χ0v) is 7.01. The van der Waals surface area contributed by atoms with Crippen LogP contribution in [0.2, 0.25) is 0 Å². The van der Waals surface area contributed by atoms with E-state index >= 15 is 0 Å². The third-order valence-electron chi connectivity index (χ3n) is 1.31. The molecule has 0 saturated carbocycles. The molecule has 0 aromatic carbocycles. The first-order valence-corrected chi connectivity index (χ1v) is 4.27. The smallest absolute Gasteiger partial charge is 0.321 e. The molecule has 0 heterocycles. The molecule has 0 saturated heterocycles. The van der Waals surface area contributed by atoms with Gasteiger partial charge in [0, 0.05) is 13.3 Å². The van der Waals surface area contributed by atoms with Gasteiger partial charge < -0.3 is 5.11 Å². The highest BCUT2D eigenvalue weighted by Crippen LogP contribution is 1.96. The third kappa shape index (κ3) is 2.45. The van der Waals surface area contributed by atoms with Crippen LogP contribution >= 0.6 is 0 Å². The lowest BCUT2D eigenvalue weighted by Gasteiger charge is -2.16. The van der Waals surface area contributed by atoms with Crippen molar-refractivity contribution in [3.05, 3.63) is 0 Å². The lowest BCUT2D eigenvalue weighted by Crippen LogP contribution is -2.36. The van der Waals surface area contributed by atoms with Crippen molar-refractivity contribution in [2.24, 2.45) is 0 Å². The zero-order chi connectivity index (χ0) is 8.31. The number of carbonyl (C=O) groups is 1. The van der Waals surface area contributed by atoms with Gasteiger partial charge in [-0.25, -0.2) is 8.51 Å². The van der Waals surface area contributed by atoms with Gasteiger partial charge in [0.25, 0.3) is 0 Å². The topological polar surface area (TPSA) is 57.6 Å². The standard InChI is InChI=1S/C5H11NO3S/c1-4(5(7)8)6(2)10(3)9/h4H,1-3H3,(H,7,8). The average molecular weight is 165 g/mol. The maximum Gasteiger partial charge on any atom is 0.321 e. The van der Waals surface area contributed by atoms with E-state index in [1.165, 1.54) is 24.5 Å². The minimum atomic E-state index is -1.21. The van der Waals surface area contributed by atoms with Crippen molar-refractivity contribution in [2.45, 2.75) is 13.0 Å². The first-order valence-electron chi connectivity index (χ1n) is 2.76. The van der Waals surface area contributed by atoms with Crippen LogP contribution in [0.5, 0.6) is 0 Å². The van der Waals surface area contributed by atoms with Crippen LogP contribution in [-0.2, 0) is 15.8 Å². The van der Waals surface area contributed by atoms with Crippen molar-refractivity contribution in [1.29, 1.82) is 0 Å². The molecule has 10 heavy (non-hydrogen) atoms. The van der Waals surface area contributed by atoms with E-state index in [0.29, 0.717) is 0 Å². The van der Waals surface area contributed by atoms with E-state index in [9.17, 15) is 9.00 Å². The third-order valence-corrected chi connectivity index (χ3v) is 2.44. The number of carboxylic acid groups (broad SMARTS) is 1. The van der Waals surface area contributed by atoms with E-state index in [-0.39, 0.29) is 0 Å². The summed E-state index contributed by atoms with van der Waals surface area (Å²) >= 11 is 0. The molecular formula is C5H11NO3S. The monoisotopic (exact) mass is 165 g/mol. The van der Waals surface area contributed by atoms with Gasteiger partial charge in [-0.15, -0.1) is 0 Å². The second-order valence-electron chi connectivity index (χ2n) is 1.98. The van der Waals surface area contributed by atoms with E-state index in [4.69, 9.17) is 5.11 Å². The maximum atomic E-state index is 10.7. The van der Waals surface area contributed by atoms with Crippen molar-refractivity contribution in [3.8, 4) is 0 Å². The molecule has 0 spiro atoms. The van der Waals surface area contributed by atoms with Crippen LogP contribution < -0.4 is 0 Å². The molecule has 0 fully saturated rings. The van der Waals surface area contributed by atoms with Crippen molar-refractivity contribution in [1.82, 2.24) is 4.31 Å². The average Bonchev–Trinajstić information content (AvgIpc) is 1.84. The first-order chi connectivity index (χ1) is 4.46. The Bertz CT molecular complexity index is 141. The van der Waals surface area contributed by atoms with Crippen LogP contribution in [0, 0.1) is 0 Å². The van der Waals surface area contributed by atoms with Crippen LogP contribution in [-0.4, -0.2) is 38.9 Å². The van der Waals surface area contributed by atoms with Crippen LogP contribution in [0.1, 0.15) is 6.92 Å². The molecular weight excluding hydrogens is 154 g/mol. The van der Waals surface area contributed by atoms with Crippen molar-refractivity contribution in [2.75, 3.05) is 13.3 Å². The molecule has 0 aliphatic rings. The summed E-state index contributed by atoms with van der Waals surface area (Å²) in [5, 5.41) is 8.43. The summed E-state index contributed by atoms with van der Waals surface area (Å²) in [4.78, 5) is 10.3. The summed E-state index contributed by atoms with van der Waals surface area (Å²) in [6.07, 6.45) is 1.44. The van der Waals surface area contributed by atoms with Crippen molar-refractivity contribution < 1.29 is 14.1 Å². The Morgan fingerprint density at radius 3 is 2.20 bits per heavy atom. The van der Waals surface area contributed by atoms with Crippen molar-refractivity contribution in [3.63, 3.8) is 0 Å². The summed E-state index contributed by atoms with van der Waals surface area (Å²) in [5.74, 6) is -0.960. The molecule has 0 aromatic heterocycles. The highest BCUT2D eigenvalue weighted by Gasteiger charge is 2.18. The number of carboxylic acids is 1. The van der Waals surface area contributed by atoms with Gasteiger partial charge in [-0.1, -0.05) is 0 Å². The molecule has 0 radical (unpaired) electrons. The van der Waals surface area contributed by atoms with Crippen LogP contribution in [0.4, 0.5) is 0 Å². The lowest BCUT2D eigenvalue weighted by atomic mass is 10.4. The Balaban J connectivity index is 4.07. The molecule has 4 nitrogen and oxygen atoms in total. The molecule has 5 heteroatoms. The van der Waals surface area contributed by atoms with Gasteiger partial charge in [0.1, 0.15) is 6.04 Å². The van der Waals surface area contributed by atoms with Gasteiger partial charge in [0.05, 0.1) is 11.0 Å². The van der Waals surface area contributed by atoms with Crippen LogP contribution in [0.3, 0.4) is 0 Å². The number of rotatable bonds is 3. The molecule has 0 amide bonds. The van der Waals surface area contributed by atoms with Gasteiger partial charge in [0.15, 0.2) is 0 Å². The van der Waals surface area contributed by atoms with Crippen LogP contribution in [0.15, 0.2) is 0 Å². The minimum absolute atomic E-state index is 0.689. The SMILES string of the molecule is CC(C(=O)O)N(C)S(C)=O. The first kappa shape index (κ1) is 9.58. The van der Waals surface area contributed by atoms with Gasteiger partial charge in [0.2, 0.25) is 0 Å².